The molecule has 0 aliphatic carbocycles. The van der Waals surface area contributed by atoms with E-state index in [-0.39, 0.29) is 6.10 Å². The summed E-state index contributed by atoms with van der Waals surface area (Å²) in [5.41, 5.74) is 5.56. The van der Waals surface area contributed by atoms with Gasteiger partial charge in [0.15, 0.2) is 0 Å². The van der Waals surface area contributed by atoms with Crippen molar-refractivity contribution < 1.29 is 9.47 Å². The minimum Gasteiger partial charge on any atom is -0.486 e. The van der Waals surface area contributed by atoms with Crippen LogP contribution in [0, 0.1) is 0 Å². The molecule has 0 aliphatic heterocycles. The third-order valence-corrected chi connectivity index (χ3v) is 2.92. The van der Waals surface area contributed by atoms with Crippen LogP contribution in [-0.4, -0.2) is 26.4 Å². The fourth-order valence-corrected chi connectivity index (χ4v) is 2.23. The van der Waals surface area contributed by atoms with Crippen LogP contribution < -0.4 is 10.5 Å². The predicted molar refractivity (Wildman–Crippen MR) is 67.2 cm³/mol. The Labute approximate surface area is 106 Å². The molecule has 0 radical (unpaired) electrons. The van der Waals surface area contributed by atoms with Gasteiger partial charge in [-0.1, -0.05) is 15.9 Å². The molecule has 1 rings (SSSR count). The van der Waals surface area contributed by atoms with E-state index in [4.69, 9.17) is 15.2 Å². The first-order valence-corrected chi connectivity index (χ1v) is 6.06. The molecule has 0 spiro atoms. The first-order valence-electron chi connectivity index (χ1n) is 4.48. The standard InChI is InChI=1S/C10H13Br2NO2/c1-14-6-8(5-13)15-10-3-2-7(11)4-9(10)12/h2-4,8H,5-6,13H2,1H3. The average Bonchev–Trinajstić information content (AvgIpc) is 2.21. The van der Waals surface area contributed by atoms with E-state index in [1.165, 1.54) is 0 Å². The number of hydrogen-bond acceptors (Lipinski definition) is 3. The summed E-state index contributed by atoms with van der Waals surface area (Å²) in [6.45, 7) is 0.912. The van der Waals surface area contributed by atoms with E-state index in [9.17, 15) is 0 Å². The van der Waals surface area contributed by atoms with Gasteiger partial charge in [-0.15, -0.1) is 0 Å². The van der Waals surface area contributed by atoms with Crippen molar-refractivity contribution >= 4 is 31.9 Å². The van der Waals surface area contributed by atoms with Gasteiger partial charge < -0.3 is 15.2 Å². The summed E-state index contributed by atoms with van der Waals surface area (Å²) in [5.74, 6) is 0.769. The number of benzene rings is 1. The Balaban J connectivity index is 2.70. The summed E-state index contributed by atoms with van der Waals surface area (Å²) in [6.07, 6.45) is -0.118. The molecule has 0 saturated carbocycles. The van der Waals surface area contributed by atoms with Gasteiger partial charge in [-0.3, -0.25) is 0 Å². The molecule has 0 heterocycles. The summed E-state index contributed by atoms with van der Waals surface area (Å²) in [4.78, 5) is 0. The van der Waals surface area contributed by atoms with Crippen LogP contribution in [0.5, 0.6) is 5.75 Å². The van der Waals surface area contributed by atoms with Crippen molar-refractivity contribution in [3.05, 3.63) is 27.1 Å². The number of halogens is 2. The van der Waals surface area contributed by atoms with Crippen LogP contribution >= 0.6 is 31.9 Å². The van der Waals surface area contributed by atoms with Crippen molar-refractivity contribution in [2.45, 2.75) is 6.10 Å². The number of hydrogen-bond donors (Lipinski definition) is 1. The van der Waals surface area contributed by atoms with Crippen molar-refractivity contribution in [3.8, 4) is 5.75 Å². The third-order valence-electron chi connectivity index (χ3n) is 1.80. The predicted octanol–water partition coefficient (Wildman–Crippen LogP) is 2.56. The molecule has 1 atom stereocenters. The molecule has 0 aliphatic rings. The van der Waals surface area contributed by atoms with Crippen LogP contribution in [0.4, 0.5) is 0 Å². The van der Waals surface area contributed by atoms with Gasteiger partial charge in [0.2, 0.25) is 0 Å². The van der Waals surface area contributed by atoms with Crippen LogP contribution in [0.1, 0.15) is 0 Å². The minimum atomic E-state index is -0.118. The Morgan fingerprint density at radius 2 is 2.13 bits per heavy atom. The highest BCUT2D eigenvalue weighted by molar-refractivity contribution is 9.11. The second kappa shape index (κ2) is 6.48. The highest BCUT2D eigenvalue weighted by Gasteiger charge is 2.10. The zero-order chi connectivity index (χ0) is 11.3. The highest BCUT2D eigenvalue weighted by Crippen LogP contribution is 2.28. The molecule has 0 bridgehead atoms. The van der Waals surface area contributed by atoms with E-state index < -0.39 is 0 Å². The van der Waals surface area contributed by atoms with Crippen molar-refractivity contribution in [2.75, 3.05) is 20.3 Å². The zero-order valence-corrected chi connectivity index (χ0v) is 11.5. The minimum absolute atomic E-state index is 0.118. The Morgan fingerprint density at radius 1 is 1.40 bits per heavy atom. The van der Waals surface area contributed by atoms with Gasteiger partial charge in [-0.05, 0) is 34.1 Å². The average molecular weight is 339 g/mol. The van der Waals surface area contributed by atoms with E-state index in [2.05, 4.69) is 31.9 Å². The summed E-state index contributed by atoms with van der Waals surface area (Å²) in [5, 5.41) is 0. The smallest absolute Gasteiger partial charge is 0.134 e. The van der Waals surface area contributed by atoms with Crippen molar-refractivity contribution in [1.29, 1.82) is 0 Å². The lowest BCUT2D eigenvalue weighted by Gasteiger charge is -2.17. The quantitative estimate of drug-likeness (QED) is 0.897. The number of ether oxygens (including phenoxy) is 2. The lowest BCUT2D eigenvalue weighted by Crippen LogP contribution is -2.31. The molecule has 0 aromatic heterocycles. The van der Waals surface area contributed by atoms with Gasteiger partial charge in [0.25, 0.3) is 0 Å². The number of rotatable bonds is 5. The highest BCUT2D eigenvalue weighted by atomic mass is 79.9. The van der Waals surface area contributed by atoms with Crippen molar-refractivity contribution in [2.24, 2.45) is 5.73 Å². The number of nitrogens with two attached hydrogens (primary N) is 1. The van der Waals surface area contributed by atoms with Crippen molar-refractivity contribution in [1.82, 2.24) is 0 Å². The lowest BCUT2D eigenvalue weighted by atomic mass is 10.3. The summed E-state index contributed by atoms with van der Waals surface area (Å²) in [7, 11) is 1.63. The molecular weight excluding hydrogens is 326 g/mol. The van der Waals surface area contributed by atoms with Crippen molar-refractivity contribution in [3.63, 3.8) is 0 Å². The Bertz CT molecular complexity index is 320. The molecule has 0 saturated heterocycles. The van der Waals surface area contributed by atoms with Gasteiger partial charge in [0.1, 0.15) is 11.9 Å². The molecule has 1 aromatic carbocycles. The first-order chi connectivity index (χ1) is 7.17. The molecule has 2 N–H and O–H groups in total. The van der Waals surface area contributed by atoms with Crippen LogP contribution in [0.2, 0.25) is 0 Å². The molecule has 1 unspecified atom stereocenters. The largest absolute Gasteiger partial charge is 0.486 e. The van der Waals surface area contributed by atoms with E-state index in [0.717, 1.165) is 14.7 Å². The number of methoxy groups -OCH3 is 1. The summed E-state index contributed by atoms with van der Waals surface area (Å²) in [6, 6.07) is 5.72. The van der Waals surface area contributed by atoms with E-state index >= 15 is 0 Å². The van der Waals surface area contributed by atoms with Gasteiger partial charge in [0, 0.05) is 18.1 Å². The van der Waals surface area contributed by atoms with Gasteiger partial charge in [-0.25, -0.2) is 0 Å². The van der Waals surface area contributed by atoms with E-state index in [1.807, 2.05) is 18.2 Å². The zero-order valence-electron chi connectivity index (χ0n) is 8.37. The molecule has 0 fully saturated rings. The van der Waals surface area contributed by atoms with Gasteiger partial charge in [-0.2, -0.15) is 0 Å². The molecule has 1 aromatic rings. The SMILES string of the molecule is COCC(CN)Oc1ccc(Br)cc1Br. The topological polar surface area (TPSA) is 44.5 Å². The van der Waals surface area contributed by atoms with E-state index in [1.54, 1.807) is 7.11 Å². The van der Waals surface area contributed by atoms with Crippen LogP contribution in [0.3, 0.4) is 0 Å². The maximum atomic E-state index is 5.67. The molecular formula is C10H13Br2NO2. The monoisotopic (exact) mass is 337 g/mol. The molecule has 3 nitrogen and oxygen atoms in total. The molecule has 0 amide bonds. The Hall–Kier alpha value is -0.100. The van der Waals surface area contributed by atoms with E-state index in [0.29, 0.717) is 13.2 Å². The molecule has 15 heavy (non-hydrogen) atoms. The Kier molecular flexibility index (Phi) is 5.60. The summed E-state index contributed by atoms with van der Waals surface area (Å²) < 4.78 is 12.6. The maximum Gasteiger partial charge on any atom is 0.134 e. The Morgan fingerprint density at radius 3 is 2.67 bits per heavy atom. The first kappa shape index (κ1) is 13.0. The van der Waals surface area contributed by atoms with Crippen LogP contribution in [0.25, 0.3) is 0 Å². The van der Waals surface area contributed by atoms with Gasteiger partial charge in [0.05, 0.1) is 11.1 Å². The fraction of sp³-hybridized carbons (Fsp3) is 0.400. The fourth-order valence-electron chi connectivity index (χ4n) is 1.09. The lowest BCUT2D eigenvalue weighted by molar-refractivity contribution is 0.0855. The molecule has 5 heteroatoms. The summed E-state index contributed by atoms with van der Waals surface area (Å²) >= 11 is 6.79. The maximum absolute atomic E-state index is 5.67. The second-order valence-corrected chi connectivity index (χ2v) is 4.78. The van der Waals surface area contributed by atoms with Crippen LogP contribution in [-0.2, 0) is 4.74 Å². The second-order valence-electron chi connectivity index (χ2n) is 3.01. The van der Waals surface area contributed by atoms with Gasteiger partial charge >= 0.3 is 0 Å². The van der Waals surface area contributed by atoms with Crippen LogP contribution in [0.15, 0.2) is 27.1 Å². The normalized spacial score (nSPS) is 12.5. The third kappa shape index (κ3) is 4.10. The molecule has 84 valence electrons.